The fourth-order valence-corrected chi connectivity index (χ4v) is 2.47. The third-order valence-corrected chi connectivity index (χ3v) is 3.69. The maximum Gasteiger partial charge on any atom is 0.252 e. The highest BCUT2D eigenvalue weighted by Gasteiger charge is 2.12. The quantitative estimate of drug-likeness (QED) is 0.764. The van der Waals surface area contributed by atoms with Crippen molar-refractivity contribution in [1.29, 1.82) is 0 Å². The molecule has 7 nitrogen and oxygen atoms in total. The van der Waals surface area contributed by atoms with E-state index in [1.54, 1.807) is 4.52 Å². The monoisotopic (exact) mass is 304 g/mol. The molecule has 0 spiro atoms. The molecule has 1 amide bonds. The van der Waals surface area contributed by atoms with Gasteiger partial charge in [0, 0.05) is 24.4 Å². The van der Waals surface area contributed by atoms with E-state index in [0.717, 1.165) is 36.5 Å². The molecule has 1 N–H and O–H groups in total. The molecule has 0 saturated heterocycles. The Hall–Kier alpha value is -2.02. The SMILES string of the molecule is Cc1nc2ncnn2c(C)c1CCC(=O)NCCCN(C)C. The van der Waals surface area contributed by atoms with Crippen LogP contribution in [-0.4, -0.2) is 57.6 Å². The van der Waals surface area contributed by atoms with E-state index in [-0.39, 0.29) is 5.91 Å². The molecule has 0 aliphatic heterocycles. The van der Waals surface area contributed by atoms with Gasteiger partial charge >= 0.3 is 0 Å². The Morgan fingerprint density at radius 1 is 1.36 bits per heavy atom. The van der Waals surface area contributed by atoms with E-state index in [9.17, 15) is 4.79 Å². The molecular formula is C15H24N6O. The summed E-state index contributed by atoms with van der Waals surface area (Å²) < 4.78 is 1.72. The van der Waals surface area contributed by atoms with Crippen LogP contribution in [0.5, 0.6) is 0 Å². The minimum absolute atomic E-state index is 0.0799. The number of carbonyl (C=O) groups is 1. The topological polar surface area (TPSA) is 75.4 Å². The van der Waals surface area contributed by atoms with Crippen LogP contribution in [0.3, 0.4) is 0 Å². The van der Waals surface area contributed by atoms with E-state index in [2.05, 4.69) is 25.3 Å². The van der Waals surface area contributed by atoms with E-state index < -0.39 is 0 Å². The van der Waals surface area contributed by atoms with Crippen molar-refractivity contribution >= 4 is 11.7 Å². The lowest BCUT2D eigenvalue weighted by Crippen LogP contribution is -2.27. The van der Waals surface area contributed by atoms with Gasteiger partial charge in [-0.1, -0.05) is 0 Å². The zero-order chi connectivity index (χ0) is 16.1. The van der Waals surface area contributed by atoms with Gasteiger partial charge in [0.1, 0.15) is 6.33 Å². The van der Waals surface area contributed by atoms with Crippen molar-refractivity contribution in [3.05, 3.63) is 23.3 Å². The van der Waals surface area contributed by atoms with Crippen LogP contribution in [0.2, 0.25) is 0 Å². The van der Waals surface area contributed by atoms with Crippen LogP contribution in [0.15, 0.2) is 6.33 Å². The first-order valence-corrected chi connectivity index (χ1v) is 7.56. The number of carbonyl (C=O) groups excluding carboxylic acids is 1. The molecule has 0 aliphatic carbocycles. The van der Waals surface area contributed by atoms with Crippen LogP contribution in [0.25, 0.3) is 5.78 Å². The molecule has 2 aromatic rings. The van der Waals surface area contributed by atoms with Crippen molar-refractivity contribution in [2.75, 3.05) is 27.2 Å². The second kappa shape index (κ2) is 7.31. The van der Waals surface area contributed by atoms with Gasteiger partial charge in [0.15, 0.2) is 0 Å². The number of hydrogen-bond acceptors (Lipinski definition) is 5. The fraction of sp³-hybridized carbons (Fsp3) is 0.600. The third kappa shape index (κ3) is 4.00. The molecule has 7 heteroatoms. The molecule has 0 radical (unpaired) electrons. The Morgan fingerprint density at radius 3 is 2.86 bits per heavy atom. The molecule has 0 bridgehead atoms. The number of fused-ring (bicyclic) bond motifs is 1. The average Bonchev–Trinajstić information content (AvgIpc) is 2.91. The van der Waals surface area contributed by atoms with Gasteiger partial charge in [0.2, 0.25) is 5.91 Å². The molecule has 0 unspecified atom stereocenters. The number of nitrogens with zero attached hydrogens (tertiary/aromatic N) is 5. The van der Waals surface area contributed by atoms with Gasteiger partial charge in [-0.25, -0.2) is 9.50 Å². The van der Waals surface area contributed by atoms with Crippen LogP contribution in [0, 0.1) is 13.8 Å². The molecule has 22 heavy (non-hydrogen) atoms. The predicted molar refractivity (Wildman–Crippen MR) is 84.8 cm³/mol. The smallest absolute Gasteiger partial charge is 0.252 e. The Labute approximate surface area is 130 Å². The van der Waals surface area contributed by atoms with Gasteiger partial charge in [-0.15, -0.1) is 0 Å². The van der Waals surface area contributed by atoms with Crippen molar-refractivity contribution in [3.63, 3.8) is 0 Å². The highest BCUT2D eigenvalue weighted by molar-refractivity contribution is 5.76. The summed E-state index contributed by atoms with van der Waals surface area (Å²) in [6, 6.07) is 0. The number of aromatic nitrogens is 4. The third-order valence-electron chi connectivity index (χ3n) is 3.69. The van der Waals surface area contributed by atoms with E-state index in [1.807, 2.05) is 27.9 Å². The summed E-state index contributed by atoms with van der Waals surface area (Å²) in [5.41, 5.74) is 2.99. The highest BCUT2D eigenvalue weighted by atomic mass is 16.1. The van der Waals surface area contributed by atoms with Gasteiger partial charge in [-0.05, 0) is 52.9 Å². The molecule has 0 saturated carbocycles. The Balaban J connectivity index is 1.90. The van der Waals surface area contributed by atoms with Gasteiger partial charge in [-0.3, -0.25) is 4.79 Å². The maximum absolute atomic E-state index is 11.9. The largest absolute Gasteiger partial charge is 0.356 e. The summed E-state index contributed by atoms with van der Waals surface area (Å²) in [6.07, 6.45) is 3.59. The summed E-state index contributed by atoms with van der Waals surface area (Å²) in [7, 11) is 4.06. The van der Waals surface area contributed by atoms with Crippen LogP contribution < -0.4 is 5.32 Å². The van der Waals surface area contributed by atoms with E-state index in [1.165, 1.54) is 6.33 Å². The molecule has 0 fully saturated rings. The Kier molecular flexibility index (Phi) is 5.43. The number of nitrogens with one attached hydrogen (secondary N) is 1. The number of aryl methyl sites for hydroxylation is 2. The van der Waals surface area contributed by atoms with Gasteiger partial charge in [0.25, 0.3) is 5.78 Å². The van der Waals surface area contributed by atoms with Crippen molar-refractivity contribution in [3.8, 4) is 0 Å². The predicted octanol–water partition coefficient (Wildman–Crippen LogP) is 0.742. The molecule has 2 aromatic heterocycles. The van der Waals surface area contributed by atoms with Crippen molar-refractivity contribution in [2.24, 2.45) is 0 Å². The van der Waals surface area contributed by atoms with Crippen LogP contribution in [0.4, 0.5) is 0 Å². The first-order chi connectivity index (χ1) is 10.5. The number of hydrogen-bond donors (Lipinski definition) is 1. The van der Waals surface area contributed by atoms with Crippen LogP contribution >= 0.6 is 0 Å². The highest BCUT2D eigenvalue weighted by Crippen LogP contribution is 2.14. The summed E-state index contributed by atoms with van der Waals surface area (Å²) in [6.45, 7) is 5.63. The zero-order valence-electron chi connectivity index (χ0n) is 13.8. The maximum atomic E-state index is 11.9. The lowest BCUT2D eigenvalue weighted by Gasteiger charge is -2.11. The van der Waals surface area contributed by atoms with E-state index in [4.69, 9.17) is 0 Å². The first-order valence-electron chi connectivity index (χ1n) is 7.56. The standard InChI is InChI=1S/C15H24N6O/c1-11-13(12(2)21-15(19-11)17-10-18-21)6-7-14(22)16-8-5-9-20(3)4/h10H,5-9H2,1-4H3,(H,16,22). The molecule has 0 aliphatic rings. The lowest BCUT2D eigenvalue weighted by atomic mass is 10.1. The Bertz CT molecular complexity index is 649. The summed E-state index contributed by atoms with van der Waals surface area (Å²) >= 11 is 0. The summed E-state index contributed by atoms with van der Waals surface area (Å²) in [5.74, 6) is 0.683. The van der Waals surface area contributed by atoms with Crippen molar-refractivity contribution in [1.82, 2.24) is 29.8 Å². The summed E-state index contributed by atoms with van der Waals surface area (Å²) in [5, 5.41) is 7.12. The molecule has 2 heterocycles. The fourth-order valence-electron chi connectivity index (χ4n) is 2.47. The van der Waals surface area contributed by atoms with Gasteiger partial charge < -0.3 is 10.2 Å². The number of rotatable bonds is 7. The average molecular weight is 304 g/mol. The normalized spacial score (nSPS) is 11.3. The minimum Gasteiger partial charge on any atom is -0.356 e. The second-order valence-electron chi connectivity index (χ2n) is 5.74. The molecule has 0 atom stereocenters. The molecular weight excluding hydrogens is 280 g/mol. The van der Waals surface area contributed by atoms with Crippen LogP contribution in [-0.2, 0) is 11.2 Å². The van der Waals surface area contributed by atoms with Crippen molar-refractivity contribution < 1.29 is 4.79 Å². The summed E-state index contributed by atoms with van der Waals surface area (Å²) in [4.78, 5) is 22.5. The molecule has 2 rings (SSSR count). The molecule has 120 valence electrons. The Morgan fingerprint density at radius 2 is 2.14 bits per heavy atom. The van der Waals surface area contributed by atoms with Gasteiger partial charge in [-0.2, -0.15) is 10.1 Å². The lowest BCUT2D eigenvalue weighted by molar-refractivity contribution is -0.121. The second-order valence-corrected chi connectivity index (χ2v) is 5.74. The van der Waals surface area contributed by atoms with E-state index >= 15 is 0 Å². The van der Waals surface area contributed by atoms with Crippen molar-refractivity contribution in [2.45, 2.75) is 33.1 Å². The molecule has 0 aromatic carbocycles. The van der Waals surface area contributed by atoms with Gasteiger partial charge in [0.05, 0.1) is 0 Å². The minimum atomic E-state index is 0.0799. The zero-order valence-corrected chi connectivity index (χ0v) is 13.8. The van der Waals surface area contributed by atoms with Crippen LogP contribution in [0.1, 0.15) is 29.8 Å². The van der Waals surface area contributed by atoms with E-state index in [0.29, 0.717) is 18.6 Å². The first kappa shape index (κ1) is 16.4. The number of amides is 1.